The van der Waals surface area contributed by atoms with Crippen LogP contribution in [-0.4, -0.2) is 38.7 Å². The van der Waals surface area contributed by atoms with Crippen LogP contribution in [0.3, 0.4) is 0 Å². The minimum absolute atomic E-state index is 0.226. The van der Waals surface area contributed by atoms with Gasteiger partial charge in [0, 0.05) is 17.3 Å². The first-order valence-electron chi connectivity index (χ1n) is 7.47. The number of benzene rings is 1. The maximum absolute atomic E-state index is 12.5. The fraction of sp³-hybridized carbons (Fsp3) is 0.176. The standard InChI is InChI=1S/C17H15N3O4S/c1-19(9-11-5-4-8-25-11)14(21)10-20-16(22)13-7-3-2-6-12(13)15(18-20)17(23)24/h2-8H,9-10H2,1H3,(H,23,24). The maximum Gasteiger partial charge on any atom is 0.357 e. The van der Waals surface area contributed by atoms with Crippen molar-refractivity contribution in [2.45, 2.75) is 13.1 Å². The van der Waals surface area contributed by atoms with E-state index in [2.05, 4.69) is 5.10 Å². The van der Waals surface area contributed by atoms with Gasteiger partial charge >= 0.3 is 5.97 Å². The van der Waals surface area contributed by atoms with Gasteiger partial charge < -0.3 is 10.0 Å². The molecule has 0 spiro atoms. The molecule has 3 aromatic rings. The van der Waals surface area contributed by atoms with E-state index in [4.69, 9.17) is 0 Å². The summed E-state index contributed by atoms with van der Waals surface area (Å²) >= 11 is 1.53. The number of likely N-dealkylation sites (N-methyl/N-ethyl adjacent to an activating group) is 1. The number of hydrogen-bond acceptors (Lipinski definition) is 5. The Hall–Kier alpha value is -3.00. The van der Waals surface area contributed by atoms with Gasteiger partial charge in [-0.1, -0.05) is 24.3 Å². The number of carbonyl (C=O) groups excluding carboxylic acids is 1. The van der Waals surface area contributed by atoms with Crippen molar-refractivity contribution < 1.29 is 14.7 Å². The minimum Gasteiger partial charge on any atom is -0.476 e. The van der Waals surface area contributed by atoms with Gasteiger partial charge in [0.25, 0.3) is 5.56 Å². The van der Waals surface area contributed by atoms with E-state index in [9.17, 15) is 19.5 Å². The third kappa shape index (κ3) is 3.43. The van der Waals surface area contributed by atoms with Gasteiger partial charge in [-0.25, -0.2) is 9.48 Å². The van der Waals surface area contributed by atoms with Crippen LogP contribution in [0, 0.1) is 0 Å². The Morgan fingerprint density at radius 3 is 2.56 bits per heavy atom. The van der Waals surface area contributed by atoms with E-state index in [1.54, 1.807) is 19.2 Å². The molecule has 2 aromatic heterocycles. The first-order chi connectivity index (χ1) is 12.0. The summed E-state index contributed by atoms with van der Waals surface area (Å²) in [4.78, 5) is 38.8. The molecule has 8 heteroatoms. The molecule has 0 saturated heterocycles. The minimum atomic E-state index is -1.25. The fourth-order valence-electron chi connectivity index (χ4n) is 2.47. The molecule has 0 unspecified atom stereocenters. The second-order valence-electron chi connectivity index (χ2n) is 5.49. The number of nitrogens with zero attached hydrogens (tertiary/aromatic N) is 3. The largest absolute Gasteiger partial charge is 0.476 e. The number of rotatable bonds is 5. The van der Waals surface area contributed by atoms with Crippen molar-refractivity contribution in [3.05, 3.63) is 62.7 Å². The molecule has 0 bridgehead atoms. The summed E-state index contributed by atoms with van der Waals surface area (Å²) in [5, 5.41) is 15.6. The monoisotopic (exact) mass is 357 g/mol. The molecule has 3 rings (SSSR count). The van der Waals surface area contributed by atoms with Crippen LogP contribution >= 0.6 is 11.3 Å². The van der Waals surface area contributed by atoms with Gasteiger partial charge in [0.1, 0.15) is 6.54 Å². The molecule has 0 aliphatic rings. The molecule has 0 atom stereocenters. The van der Waals surface area contributed by atoms with Gasteiger partial charge in [0.05, 0.1) is 11.9 Å². The van der Waals surface area contributed by atoms with Crippen molar-refractivity contribution in [3.8, 4) is 0 Å². The maximum atomic E-state index is 12.5. The SMILES string of the molecule is CN(Cc1cccs1)C(=O)Cn1nc(C(=O)O)c2ccccc2c1=O. The van der Waals surface area contributed by atoms with Gasteiger partial charge in [-0.15, -0.1) is 11.3 Å². The molecule has 1 aromatic carbocycles. The fourth-order valence-corrected chi connectivity index (χ4v) is 3.23. The van der Waals surface area contributed by atoms with Gasteiger partial charge in [0.2, 0.25) is 5.91 Å². The van der Waals surface area contributed by atoms with E-state index >= 15 is 0 Å². The number of aromatic nitrogens is 2. The van der Waals surface area contributed by atoms with Crippen LogP contribution in [0.2, 0.25) is 0 Å². The zero-order valence-electron chi connectivity index (χ0n) is 13.4. The quantitative estimate of drug-likeness (QED) is 0.752. The van der Waals surface area contributed by atoms with E-state index in [0.717, 1.165) is 9.56 Å². The third-order valence-electron chi connectivity index (χ3n) is 3.75. The molecule has 0 radical (unpaired) electrons. The van der Waals surface area contributed by atoms with Crippen LogP contribution < -0.4 is 5.56 Å². The predicted molar refractivity (Wildman–Crippen MR) is 93.8 cm³/mol. The van der Waals surface area contributed by atoms with Crippen molar-refractivity contribution in [2.75, 3.05) is 7.05 Å². The first kappa shape index (κ1) is 16.8. The molecular weight excluding hydrogens is 342 g/mol. The van der Waals surface area contributed by atoms with E-state index in [-0.39, 0.29) is 28.9 Å². The highest BCUT2D eigenvalue weighted by Crippen LogP contribution is 2.14. The number of carbonyl (C=O) groups is 2. The number of hydrogen-bond donors (Lipinski definition) is 1. The molecule has 128 valence electrons. The summed E-state index contributed by atoms with van der Waals surface area (Å²) in [6.45, 7) is 0.108. The second-order valence-corrected chi connectivity index (χ2v) is 6.52. The van der Waals surface area contributed by atoms with E-state index in [1.165, 1.54) is 28.4 Å². The average molecular weight is 357 g/mol. The van der Waals surface area contributed by atoms with Gasteiger partial charge in [0.15, 0.2) is 5.69 Å². The van der Waals surface area contributed by atoms with Crippen molar-refractivity contribution in [1.82, 2.24) is 14.7 Å². The van der Waals surface area contributed by atoms with Gasteiger partial charge in [-0.3, -0.25) is 9.59 Å². The number of aromatic carboxylic acids is 1. The lowest BCUT2D eigenvalue weighted by Crippen LogP contribution is -2.35. The Balaban J connectivity index is 1.93. The molecule has 1 N–H and O–H groups in total. The average Bonchev–Trinajstić information content (AvgIpc) is 3.10. The Labute approximate surface area is 146 Å². The van der Waals surface area contributed by atoms with Crippen LogP contribution in [0.5, 0.6) is 0 Å². The molecule has 0 aliphatic heterocycles. The second kappa shape index (κ2) is 6.86. The Kier molecular flexibility index (Phi) is 4.62. The van der Waals surface area contributed by atoms with E-state index < -0.39 is 11.5 Å². The summed E-state index contributed by atoms with van der Waals surface area (Å²) in [5.74, 6) is -1.57. The molecule has 1 amide bonds. The smallest absolute Gasteiger partial charge is 0.357 e. The zero-order chi connectivity index (χ0) is 18.0. The zero-order valence-corrected chi connectivity index (χ0v) is 14.2. The Bertz CT molecular complexity index is 995. The number of thiophene rings is 1. The lowest BCUT2D eigenvalue weighted by Gasteiger charge is -2.17. The highest BCUT2D eigenvalue weighted by Gasteiger charge is 2.18. The van der Waals surface area contributed by atoms with Crippen molar-refractivity contribution in [2.24, 2.45) is 0 Å². The molecule has 0 aliphatic carbocycles. The summed E-state index contributed by atoms with van der Waals surface area (Å²) < 4.78 is 0.916. The first-order valence-corrected chi connectivity index (χ1v) is 8.35. The molecule has 25 heavy (non-hydrogen) atoms. The normalized spacial score (nSPS) is 10.8. The predicted octanol–water partition coefficient (Wildman–Crippen LogP) is 1.81. The summed E-state index contributed by atoms with van der Waals surface area (Å²) in [5.41, 5.74) is -0.734. The molecular formula is C17H15N3O4S. The summed E-state index contributed by atoms with van der Waals surface area (Å²) in [7, 11) is 1.63. The topological polar surface area (TPSA) is 92.5 Å². The number of carboxylic acids is 1. The molecule has 0 saturated carbocycles. The van der Waals surface area contributed by atoms with Crippen molar-refractivity contribution >= 4 is 34.0 Å². The van der Waals surface area contributed by atoms with Gasteiger partial charge in [-0.05, 0) is 17.5 Å². The summed E-state index contributed by atoms with van der Waals surface area (Å²) in [6.07, 6.45) is 0. The lowest BCUT2D eigenvalue weighted by molar-refractivity contribution is -0.131. The molecule has 0 fully saturated rings. The number of amides is 1. The van der Waals surface area contributed by atoms with Crippen LogP contribution in [0.15, 0.2) is 46.6 Å². The van der Waals surface area contributed by atoms with Crippen molar-refractivity contribution in [3.63, 3.8) is 0 Å². The number of carboxylic acid groups (broad SMARTS) is 1. The van der Waals surface area contributed by atoms with Crippen molar-refractivity contribution in [1.29, 1.82) is 0 Å². The molecule has 2 heterocycles. The third-order valence-corrected chi connectivity index (χ3v) is 4.62. The van der Waals surface area contributed by atoms with E-state index in [0.29, 0.717) is 6.54 Å². The van der Waals surface area contributed by atoms with Crippen LogP contribution in [0.25, 0.3) is 10.8 Å². The summed E-state index contributed by atoms with van der Waals surface area (Å²) in [6, 6.07) is 10.2. The number of fused-ring (bicyclic) bond motifs is 1. The van der Waals surface area contributed by atoms with E-state index in [1.807, 2.05) is 17.5 Å². The van der Waals surface area contributed by atoms with Crippen LogP contribution in [0.1, 0.15) is 15.4 Å². The van der Waals surface area contributed by atoms with Crippen LogP contribution in [0.4, 0.5) is 0 Å². The highest BCUT2D eigenvalue weighted by atomic mass is 32.1. The lowest BCUT2D eigenvalue weighted by atomic mass is 10.1. The Morgan fingerprint density at radius 1 is 1.20 bits per heavy atom. The highest BCUT2D eigenvalue weighted by molar-refractivity contribution is 7.09. The Morgan fingerprint density at radius 2 is 1.92 bits per heavy atom. The van der Waals surface area contributed by atoms with Crippen LogP contribution in [-0.2, 0) is 17.9 Å². The molecule has 7 nitrogen and oxygen atoms in total. The van der Waals surface area contributed by atoms with Gasteiger partial charge in [-0.2, -0.15) is 5.10 Å².